The van der Waals surface area contributed by atoms with Crippen molar-refractivity contribution in [2.24, 2.45) is 17.1 Å². The second-order valence-electron chi connectivity index (χ2n) is 9.39. The zero-order valence-electron chi connectivity index (χ0n) is 18.8. The van der Waals surface area contributed by atoms with Crippen molar-refractivity contribution in [3.8, 4) is 0 Å². The van der Waals surface area contributed by atoms with Crippen molar-refractivity contribution in [2.75, 3.05) is 13.1 Å². The molecular formula is C22H39N3O6. The Bertz CT molecular complexity index is 568. The van der Waals surface area contributed by atoms with E-state index in [0.29, 0.717) is 11.7 Å². The number of hydrogen-bond donors (Lipinski definition) is 5. The number of carboxylic acid groups (broad SMARTS) is 2. The van der Waals surface area contributed by atoms with E-state index in [1.165, 1.54) is 19.3 Å². The first-order valence-electron chi connectivity index (χ1n) is 11.3. The van der Waals surface area contributed by atoms with Gasteiger partial charge in [-0.1, -0.05) is 26.7 Å². The second-order valence-corrected chi connectivity index (χ2v) is 9.39. The third kappa shape index (κ3) is 11.3. The summed E-state index contributed by atoms with van der Waals surface area (Å²) in [7, 11) is 0. The summed E-state index contributed by atoms with van der Waals surface area (Å²) in [6.45, 7) is 5.22. The van der Waals surface area contributed by atoms with Crippen molar-refractivity contribution in [1.29, 1.82) is 0 Å². The average molecular weight is 442 g/mol. The van der Waals surface area contributed by atoms with E-state index in [1.807, 2.05) is 0 Å². The molecule has 178 valence electrons. The van der Waals surface area contributed by atoms with Gasteiger partial charge in [0.1, 0.15) is 0 Å². The van der Waals surface area contributed by atoms with Crippen LogP contribution in [0, 0.1) is 11.3 Å². The molecule has 2 aliphatic heterocycles. The van der Waals surface area contributed by atoms with Gasteiger partial charge < -0.3 is 26.6 Å². The number of ketones is 1. The summed E-state index contributed by atoms with van der Waals surface area (Å²) in [5.41, 5.74) is 4.34. The van der Waals surface area contributed by atoms with Crippen molar-refractivity contribution < 1.29 is 29.4 Å². The largest absolute Gasteiger partial charge is 0.481 e. The maximum Gasteiger partial charge on any atom is 0.303 e. The van der Waals surface area contributed by atoms with Crippen LogP contribution in [-0.4, -0.2) is 59.0 Å². The highest BCUT2D eigenvalue weighted by Crippen LogP contribution is 2.28. The molecule has 3 aliphatic rings. The van der Waals surface area contributed by atoms with Gasteiger partial charge in [0.05, 0.1) is 24.9 Å². The van der Waals surface area contributed by atoms with E-state index in [0.717, 1.165) is 45.2 Å². The van der Waals surface area contributed by atoms with E-state index in [4.69, 9.17) is 15.9 Å². The monoisotopic (exact) mass is 441 g/mol. The van der Waals surface area contributed by atoms with Crippen LogP contribution in [0.4, 0.5) is 0 Å². The molecule has 0 unspecified atom stereocenters. The number of nitrogens with two attached hydrogens (primary N) is 1. The Balaban J connectivity index is 0.000000237. The summed E-state index contributed by atoms with van der Waals surface area (Å²) in [5, 5.41) is 23.0. The van der Waals surface area contributed by atoms with Crippen LogP contribution < -0.4 is 16.4 Å². The summed E-state index contributed by atoms with van der Waals surface area (Å²) in [6, 6.07) is 0.170. The highest BCUT2D eigenvalue weighted by Gasteiger charge is 2.30. The van der Waals surface area contributed by atoms with E-state index in [2.05, 4.69) is 10.6 Å². The lowest BCUT2D eigenvalue weighted by atomic mass is 9.86. The summed E-state index contributed by atoms with van der Waals surface area (Å²) in [6.07, 6.45) is 8.86. The lowest BCUT2D eigenvalue weighted by Crippen LogP contribution is -2.36. The first-order valence-corrected chi connectivity index (χ1v) is 11.3. The average Bonchev–Trinajstić information content (AvgIpc) is 3.43. The van der Waals surface area contributed by atoms with Gasteiger partial charge in [-0.05, 0) is 57.0 Å². The molecule has 0 aromatic carbocycles. The van der Waals surface area contributed by atoms with Crippen LogP contribution in [-0.2, 0) is 19.2 Å². The molecule has 2 heterocycles. The molecule has 9 nitrogen and oxygen atoms in total. The van der Waals surface area contributed by atoms with Crippen molar-refractivity contribution in [3.05, 3.63) is 0 Å². The summed E-state index contributed by atoms with van der Waals surface area (Å²) in [4.78, 5) is 42.6. The zero-order valence-corrected chi connectivity index (χ0v) is 18.8. The fourth-order valence-corrected chi connectivity index (χ4v) is 4.23. The molecule has 0 bridgehead atoms. The molecule has 9 heteroatoms. The number of carboxylic acids is 2. The molecule has 6 N–H and O–H groups in total. The first-order chi connectivity index (χ1) is 14.5. The molecule has 31 heavy (non-hydrogen) atoms. The Labute approximate surface area is 184 Å². The van der Waals surface area contributed by atoms with Gasteiger partial charge in [0, 0.05) is 5.92 Å². The minimum atomic E-state index is -0.962. The van der Waals surface area contributed by atoms with Gasteiger partial charge in [0.2, 0.25) is 5.91 Å². The minimum Gasteiger partial charge on any atom is -0.481 e. The normalized spacial score (nSPS) is 23.3. The Morgan fingerprint density at radius 2 is 1.26 bits per heavy atom. The highest BCUT2D eigenvalue weighted by molar-refractivity contribution is 5.86. The molecule has 1 saturated carbocycles. The lowest BCUT2D eigenvalue weighted by molar-refractivity contribution is -0.142. The number of carbonyl (C=O) groups excluding carboxylic acids is 2. The molecular weight excluding hydrogens is 402 g/mol. The minimum absolute atomic E-state index is 0.0463. The number of amides is 1. The standard InChI is InChI=1S/C10H17NO.C7H12O4.C5H10N2O/c12-10(8-4-1-2-5-8)9-6-3-7-11-9;1-7(2,3-5(8)9)4-6(10)11;6-5(8)4-2-1-3-7-4/h8-9,11H,1-7H2;3-4H2,1-2H3,(H,8,9)(H,10,11);4,7H,1-3H2,(H2,6,8)/t9-;;4-/m0.0/s1. The van der Waals surface area contributed by atoms with Crippen molar-refractivity contribution in [2.45, 2.75) is 90.1 Å². The Kier molecular flexibility index (Phi) is 11.7. The predicted octanol–water partition coefficient (Wildman–Crippen LogP) is 1.68. The molecule has 2 atom stereocenters. The van der Waals surface area contributed by atoms with E-state index < -0.39 is 17.4 Å². The zero-order chi connectivity index (χ0) is 23.4. The molecule has 3 fully saturated rings. The molecule has 3 rings (SSSR count). The van der Waals surface area contributed by atoms with Gasteiger partial charge >= 0.3 is 11.9 Å². The number of carbonyl (C=O) groups is 4. The molecule has 0 aromatic heterocycles. The van der Waals surface area contributed by atoms with Gasteiger partial charge in [0.15, 0.2) is 5.78 Å². The van der Waals surface area contributed by atoms with Crippen molar-refractivity contribution in [1.82, 2.24) is 10.6 Å². The first kappa shape index (κ1) is 27.0. The van der Waals surface area contributed by atoms with Crippen molar-refractivity contribution in [3.63, 3.8) is 0 Å². The van der Waals surface area contributed by atoms with Crippen LogP contribution in [0.2, 0.25) is 0 Å². The van der Waals surface area contributed by atoms with Crippen LogP contribution in [0.3, 0.4) is 0 Å². The van der Waals surface area contributed by atoms with Gasteiger partial charge in [-0.3, -0.25) is 19.2 Å². The van der Waals surface area contributed by atoms with Crippen LogP contribution >= 0.6 is 0 Å². The second kappa shape index (κ2) is 13.4. The van der Waals surface area contributed by atoms with Crippen LogP contribution in [0.25, 0.3) is 0 Å². The summed E-state index contributed by atoms with van der Waals surface area (Å²) < 4.78 is 0. The quantitative estimate of drug-likeness (QED) is 0.399. The topological polar surface area (TPSA) is 159 Å². The van der Waals surface area contributed by atoms with Gasteiger partial charge in [-0.25, -0.2) is 0 Å². The Morgan fingerprint density at radius 1 is 0.806 bits per heavy atom. The predicted molar refractivity (Wildman–Crippen MR) is 116 cm³/mol. The van der Waals surface area contributed by atoms with E-state index in [1.54, 1.807) is 13.8 Å². The third-order valence-electron chi connectivity index (χ3n) is 5.82. The molecule has 0 radical (unpaired) electrons. The SMILES string of the molecule is CC(C)(CC(=O)O)CC(=O)O.NC(=O)[C@@H]1CCCN1.O=C(C1CCCC1)[C@@H]1CCCN1. The number of Topliss-reactive ketones (excluding diaryl/α,β-unsaturated/α-hetero) is 1. The Morgan fingerprint density at radius 3 is 1.58 bits per heavy atom. The summed E-state index contributed by atoms with van der Waals surface area (Å²) in [5.74, 6) is -1.24. The van der Waals surface area contributed by atoms with E-state index in [-0.39, 0.29) is 30.8 Å². The van der Waals surface area contributed by atoms with E-state index in [9.17, 15) is 19.2 Å². The van der Waals surface area contributed by atoms with E-state index >= 15 is 0 Å². The maximum absolute atomic E-state index is 11.8. The molecule has 2 saturated heterocycles. The van der Waals surface area contributed by atoms with Gasteiger partial charge in [-0.2, -0.15) is 0 Å². The molecule has 0 aromatic rings. The third-order valence-corrected chi connectivity index (χ3v) is 5.82. The van der Waals surface area contributed by atoms with Crippen LogP contribution in [0.1, 0.15) is 78.1 Å². The number of primary amides is 1. The fourth-order valence-electron chi connectivity index (χ4n) is 4.23. The fraction of sp³-hybridized carbons (Fsp3) is 0.818. The number of aliphatic carboxylic acids is 2. The van der Waals surface area contributed by atoms with Crippen LogP contribution in [0.5, 0.6) is 0 Å². The number of nitrogens with one attached hydrogen (secondary N) is 2. The number of hydrogen-bond acceptors (Lipinski definition) is 6. The smallest absolute Gasteiger partial charge is 0.303 e. The van der Waals surface area contributed by atoms with Crippen LogP contribution in [0.15, 0.2) is 0 Å². The van der Waals surface area contributed by atoms with Gasteiger partial charge in [-0.15, -0.1) is 0 Å². The molecule has 1 aliphatic carbocycles. The lowest BCUT2D eigenvalue weighted by Gasteiger charge is -2.18. The number of rotatable bonds is 7. The maximum atomic E-state index is 11.8. The summed E-state index contributed by atoms with van der Waals surface area (Å²) >= 11 is 0. The molecule has 1 amide bonds. The van der Waals surface area contributed by atoms with Gasteiger partial charge in [0.25, 0.3) is 0 Å². The molecule has 0 spiro atoms. The van der Waals surface area contributed by atoms with Crippen molar-refractivity contribution >= 4 is 23.6 Å². The Hall–Kier alpha value is -2.00. The highest BCUT2D eigenvalue weighted by atomic mass is 16.4.